The number of aromatic hydroxyl groups is 2. The second-order valence-electron chi connectivity index (χ2n) is 8.63. The highest BCUT2D eigenvalue weighted by atomic mass is 16.5. The van der Waals surface area contributed by atoms with Gasteiger partial charge >= 0.3 is 5.97 Å². The monoisotopic (exact) mass is 430 g/mol. The number of benzene rings is 1. The average molecular weight is 431 g/mol. The Bertz CT molecular complexity index is 927. The summed E-state index contributed by atoms with van der Waals surface area (Å²) < 4.78 is 10.9. The minimum atomic E-state index is -0.798. The van der Waals surface area contributed by atoms with E-state index in [0.29, 0.717) is 48.5 Å². The van der Waals surface area contributed by atoms with Gasteiger partial charge in [0.15, 0.2) is 5.78 Å². The van der Waals surface area contributed by atoms with Crippen molar-refractivity contribution < 1.29 is 29.3 Å². The molecule has 2 aliphatic rings. The predicted molar refractivity (Wildman–Crippen MR) is 114 cm³/mol. The second kappa shape index (κ2) is 9.11. The van der Waals surface area contributed by atoms with Gasteiger partial charge in [-0.1, -0.05) is 13.8 Å². The van der Waals surface area contributed by atoms with Crippen molar-refractivity contribution in [1.29, 1.82) is 0 Å². The first kappa shape index (κ1) is 22.8. The number of phenolic OH excluding ortho intramolecular Hbond substituents is 2. The van der Waals surface area contributed by atoms with Crippen LogP contribution in [0.15, 0.2) is 40.7 Å². The Labute approximate surface area is 181 Å². The molecule has 5 N–H and O–H groups in total. The summed E-state index contributed by atoms with van der Waals surface area (Å²) in [6.07, 6.45) is 0.926. The maximum atomic E-state index is 13.2. The van der Waals surface area contributed by atoms with Crippen LogP contribution in [0.5, 0.6) is 11.5 Å². The molecule has 1 aliphatic heterocycles. The number of esters is 1. The van der Waals surface area contributed by atoms with E-state index in [2.05, 4.69) is 5.32 Å². The molecule has 3 rings (SSSR count). The fourth-order valence-corrected chi connectivity index (χ4v) is 4.29. The first-order valence-electron chi connectivity index (χ1n) is 10.4. The van der Waals surface area contributed by atoms with E-state index < -0.39 is 11.9 Å². The largest absolute Gasteiger partial charge is 0.508 e. The maximum absolute atomic E-state index is 13.2. The van der Waals surface area contributed by atoms with Crippen LogP contribution in [-0.2, 0) is 19.1 Å². The van der Waals surface area contributed by atoms with Gasteiger partial charge in [0.1, 0.15) is 11.5 Å². The molecule has 0 saturated carbocycles. The molecule has 1 aromatic rings. The number of rotatable bonds is 7. The molecule has 1 unspecified atom stereocenters. The fraction of sp³-hybridized carbons (Fsp3) is 0.478. The predicted octanol–water partition coefficient (Wildman–Crippen LogP) is 2.22. The normalized spacial score (nSPS) is 20.4. The third kappa shape index (κ3) is 4.91. The average Bonchev–Trinajstić information content (AvgIpc) is 2.65. The van der Waals surface area contributed by atoms with Crippen LogP contribution in [0.2, 0.25) is 0 Å². The van der Waals surface area contributed by atoms with Crippen LogP contribution in [0.4, 0.5) is 0 Å². The Kier molecular flexibility index (Phi) is 6.71. The number of carbonyl (C=O) groups is 2. The van der Waals surface area contributed by atoms with Crippen molar-refractivity contribution in [2.45, 2.75) is 39.5 Å². The van der Waals surface area contributed by atoms with Gasteiger partial charge in [-0.05, 0) is 36.5 Å². The Morgan fingerprint density at radius 3 is 2.52 bits per heavy atom. The van der Waals surface area contributed by atoms with E-state index in [0.717, 1.165) is 0 Å². The van der Waals surface area contributed by atoms with E-state index in [1.165, 1.54) is 18.2 Å². The van der Waals surface area contributed by atoms with Gasteiger partial charge in [0.25, 0.3) is 0 Å². The van der Waals surface area contributed by atoms with Crippen molar-refractivity contribution in [3.8, 4) is 11.5 Å². The van der Waals surface area contributed by atoms with Gasteiger partial charge in [0.05, 0.1) is 31.1 Å². The number of nitrogens with one attached hydrogen (secondary N) is 1. The van der Waals surface area contributed by atoms with Crippen LogP contribution < -0.4 is 11.1 Å². The molecule has 0 aromatic heterocycles. The lowest BCUT2D eigenvalue weighted by atomic mass is 9.68. The van der Waals surface area contributed by atoms with Crippen molar-refractivity contribution >= 4 is 11.8 Å². The number of Topliss-reactive ketones (excluding diaryl/α,β-unsaturated/α-hetero) is 1. The van der Waals surface area contributed by atoms with E-state index in [1.54, 1.807) is 6.92 Å². The maximum Gasteiger partial charge on any atom is 0.336 e. The molecule has 168 valence electrons. The second-order valence-corrected chi connectivity index (χ2v) is 8.63. The molecule has 1 aliphatic carbocycles. The van der Waals surface area contributed by atoms with E-state index in [9.17, 15) is 19.8 Å². The van der Waals surface area contributed by atoms with E-state index >= 15 is 0 Å². The summed E-state index contributed by atoms with van der Waals surface area (Å²) in [5.74, 6) is -1.80. The third-order valence-corrected chi connectivity index (χ3v) is 5.39. The van der Waals surface area contributed by atoms with Crippen molar-refractivity contribution in [1.82, 2.24) is 5.32 Å². The van der Waals surface area contributed by atoms with Crippen molar-refractivity contribution in [3.63, 3.8) is 0 Å². The Morgan fingerprint density at radius 1 is 1.23 bits per heavy atom. The summed E-state index contributed by atoms with van der Waals surface area (Å²) in [6.45, 7) is 6.59. The summed E-state index contributed by atoms with van der Waals surface area (Å²) in [5, 5.41) is 23.4. The molecule has 1 atom stereocenters. The van der Waals surface area contributed by atoms with Gasteiger partial charge in [-0.2, -0.15) is 0 Å². The number of hydrogen-bond acceptors (Lipinski definition) is 8. The molecule has 8 nitrogen and oxygen atoms in total. The highest BCUT2D eigenvalue weighted by Gasteiger charge is 2.44. The summed E-state index contributed by atoms with van der Waals surface area (Å²) in [7, 11) is 0. The van der Waals surface area contributed by atoms with Gasteiger partial charge in [-0.15, -0.1) is 0 Å². The highest BCUT2D eigenvalue weighted by Crippen LogP contribution is 2.47. The van der Waals surface area contributed by atoms with Crippen LogP contribution in [0, 0.1) is 5.41 Å². The quantitative estimate of drug-likeness (QED) is 0.383. The molecule has 8 heteroatoms. The number of nitrogens with two attached hydrogens (primary N) is 1. The van der Waals surface area contributed by atoms with E-state index in [1.807, 2.05) is 13.8 Å². The smallest absolute Gasteiger partial charge is 0.336 e. The van der Waals surface area contributed by atoms with E-state index in [4.69, 9.17) is 15.2 Å². The van der Waals surface area contributed by atoms with Crippen molar-refractivity contribution in [2.24, 2.45) is 11.1 Å². The lowest BCUT2D eigenvalue weighted by molar-refractivity contribution is -0.139. The van der Waals surface area contributed by atoms with Gasteiger partial charge in [0.2, 0.25) is 0 Å². The molecule has 0 spiro atoms. The zero-order chi connectivity index (χ0) is 22.8. The van der Waals surface area contributed by atoms with Crippen LogP contribution in [0.25, 0.3) is 0 Å². The summed E-state index contributed by atoms with van der Waals surface area (Å²) in [6, 6.07) is 4.10. The summed E-state index contributed by atoms with van der Waals surface area (Å²) in [4.78, 5) is 26.3. The van der Waals surface area contributed by atoms with Crippen LogP contribution in [0.3, 0.4) is 0 Å². The molecular weight excluding hydrogens is 400 g/mol. The van der Waals surface area contributed by atoms with Gasteiger partial charge in [-0.25, -0.2) is 4.79 Å². The van der Waals surface area contributed by atoms with Gasteiger partial charge in [-0.3, -0.25) is 4.79 Å². The van der Waals surface area contributed by atoms with Crippen LogP contribution in [-0.4, -0.2) is 48.3 Å². The summed E-state index contributed by atoms with van der Waals surface area (Å²) in [5.41, 5.74) is 7.61. The summed E-state index contributed by atoms with van der Waals surface area (Å²) >= 11 is 0. The highest BCUT2D eigenvalue weighted by molar-refractivity contribution is 6.04. The number of ketones is 1. The fourth-order valence-electron chi connectivity index (χ4n) is 4.29. The van der Waals surface area contributed by atoms with Crippen molar-refractivity contribution in [3.05, 3.63) is 46.3 Å². The zero-order valence-corrected chi connectivity index (χ0v) is 18.2. The topological polar surface area (TPSA) is 131 Å². The first-order chi connectivity index (χ1) is 14.7. The molecule has 0 fully saturated rings. The molecule has 0 bridgehead atoms. The van der Waals surface area contributed by atoms with Gasteiger partial charge < -0.3 is 30.7 Å². The Hall–Kier alpha value is -2.84. The van der Waals surface area contributed by atoms with Gasteiger partial charge in [0, 0.05) is 36.2 Å². The number of ether oxygens (including phenoxy) is 2. The zero-order valence-electron chi connectivity index (χ0n) is 18.2. The lowest BCUT2D eigenvalue weighted by Crippen LogP contribution is -2.40. The minimum absolute atomic E-state index is 0.0814. The number of carbonyl (C=O) groups excluding carboxylic acids is 2. The number of dihydropyridines is 1. The number of hydrogen-bond donors (Lipinski definition) is 4. The molecular formula is C23H30N2O6. The molecule has 0 amide bonds. The molecule has 31 heavy (non-hydrogen) atoms. The van der Waals surface area contributed by atoms with Crippen LogP contribution in [0.1, 0.15) is 45.1 Å². The third-order valence-electron chi connectivity index (χ3n) is 5.39. The van der Waals surface area contributed by atoms with Crippen LogP contribution >= 0.6 is 0 Å². The SMILES string of the molecule is CCOC(=O)C1=C(COCCN)NC2=C(C(=O)CC(C)(C)C2)C1c1cc(O)cc(O)c1. The number of allylic oxidation sites excluding steroid dienone is 2. The Morgan fingerprint density at radius 2 is 1.90 bits per heavy atom. The van der Waals surface area contributed by atoms with E-state index in [-0.39, 0.29) is 41.5 Å². The molecule has 0 radical (unpaired) electrons. The minimum Gasteiger partial charge on any atom is -0.508 e. The number of phenols is 2. The van der Waals surface area contributed by atoms with Crippen molar-refractivity contribution in [2.75, 3.05) is 26.4 Å². The molecule has 0 saturated heterocycles. The lowest BCUT2D eigenvalue weighted by Gasteiger charge is -2.40. The standard InChI is InChI=1S/C23H30N2O6/c1-4-31-22(29)21-17(12-30-6-5-24)25-16-10-23(2,3)11-18(28)20(16)19(21)13-7-14(26)9-15(27)8-13/h7-9,19,25-27H,4-6,10-12,24H2,1-3H3. The molecule has 1 aromatic carbocycles. The Balaban J connectivity index is 2.21. The molecule has 1 heterocycles. The first-order valence-corrected chi connectivity index (χ1v) is 10.4.